The molecule has 2 aromatic rings. The number of rotatable bonds is 6. The number of hydrogen-bond donors (Lipinski definition) is 1. The largest absolute Gasteiger partial charge is 0.442 e. The van der Waals surface area contributed by atoms with Gasteiger partial charge in [-0.3, -0.25) is 4.79 Å². The number of nitrogens with one attached hydrogen (secondary N) is 1. The summed E-state index contributed by atoms with van der Waals surface area (Å²) in [5, 5.41) is 2.69. The van der Waals surface area contributed by atoms with Crippen molar-refractivity contribution < 1.29 is 40.8 Å². The van der Waals surface area contributed by atoms with Gasteiger partial charge in [-0.2, -0.15) is 13.2 Å². The van der Waals surface area contributed by atoms with Gasteiger partial charge in [0.25, 0.3) is 0 Å². The summed E-state index contributed by atoms with van der Waals surface area (Å²) in [6.07, 6.45) is 5.05. The molecule has 1 N–H and O–H groups in total. The molecule has 1 aliphatic heterocycles. The van der Waals surface area contributed by atoms with Gasteiger partial charge >= 0.3 is 12.7 Å². The summed E-state index contributed by atoms with van der Waals surface area (Å²) in [6.45, 7) is 1.73. The Morgan fingerprint density at radius 2 is 1.85 bits per heavy atom. The van der Waals surface area contributed by atoms with Gasteiger partial charge in [-0.05, 0) is 64.3 Å². The molecule has 1 aliphatic carbocycles. The monoisotopic (exact) mass is 600 g/mol. The SMILES string of the molecule is CC(C)(C)OC(=O)N=[S@](C)(=O)c1cc(NC(=O)C2N(c3ccc(F)c(F)c3OC(F)F)CCC23CCCC3)ccn1. The molecule has 0 radical (unpaired) electrons. The van der Waals surface area contributed by atoms with E-state index in [-0.39, 0.29) is 22.9 Å². The first-order chi connectivity index (χ1) is 19.1. The van der Waals surface area contributed by atoms with Crippen molar-refractivity contribution in [1.29, 1.82) is 0 Å². The van der Waals surface area contributed by atoms with E-state index in [1.807, 2.05) is 0 Å². The van der Waals surface area contributed by atoms with Crippen LogP contribution in [0.15, 0.2) is 39.9 Å². The number of benzene rings is 1. The van der Waals surface area contributed by atoms with Crippen LogP contribution in [0.4, 0.5) is 33.7 Å². The smallest absolute Gasteiger partial charge is 0.442 e. The molecule has 1 saturated carbocycles. The zero-order chi connectivity index (χ0) is 30.2. The van der Waals surface area contributed by atoms with Gasteiger partial charge in [0.15, 0.2) is 11.6 Å². The molecule has 0 bridgehead atoms. The summed E-state index contributed by atoms with van der Waals surface area (Å²) < 4.78 is 81.3. The lowest BCUT2D eigenvalue weighted by Gasteiger charge is -2.35. The lowest BCUT2D eigenvalue weighted by molar-refractivity contribution is -0.119. The maximum absolute atomic E-state index is 14.6. The van der Waals surface area contributed by atoms with E-state index >= 15 is 0 Å². The number of amides is 2. The fraction of sp³-hybridized carbons (Fsp3) is 0.519. The average Bonchev–Trinajstić information content (AvgIpc) is 3.48. The molecule has 4 rings (SSSR count). The molecule has 2 fully saturated rings. The predicted octanol–water partition coefficient (Wildman–Crippen LogP) is 6.13. The Balaban J connectivity index is 1.67. The first-order valence-corrected chi connectivity index (χ1v) is 15.0. The van der Waals surface area contributed by atoms with Crippen LogP contribution in [-0.2, 0) is 19.3 Å². The van der Waals surface area contributed by atoms with Crippen LogP contribution in [0, 0.1) is 17.0 Å². The second kappa shape index (κ2) is 11.5. The van der Waals surface area contributed by atoms with Gasteiger partial charge < -0.3 is 19.7 Å². The van der Waals surface area contributed by atoms with Crippen LogP contribution in [0.2, 0.25) is 0 Å². The molecule has 41 heavy (non-hydrogen) atoms. The average molecular weight is 601 g/mol. The second-order valence-electron chi connectivity index (χ2n) is 11.2. The van der Waals surface area contributed by atoms with Crippen LogP contribution in [0.25, 0.3) is 0 Å². The van der Waals surface area contributed by atoms with E-state index in [0.29, 0.717) is 19.3 Å². The highest BCUT2D eigenvalue weighted by Crippen LogP contribution is 2.52. The molecular formula is C27H32F4N4O5S. The highest BCUT2D eigenvalue weighted by Gasteiger charge is 2.53. The summed E-state index contributed by atoms with van der Waals surface area (Å²) in [6, 6.07) is 3.77. The molecule has 1 saturated heterocycles. The zero-order valence-electron chi connectivity index (χ0n) is 23.1. The molecule has 1 aromatic heterocycles. The number of halogens is 4. The number of alkyl halides is 2. The van der Waals surface area contributed by atoms with E-state index in [0.717, 1.165) is 25.0 Å². The van der Waals surface area contributed by atoms with Crippen molar-refractivity contribution in [2.45, 2.75) is 76.2 Å². The van der Waals surface area contributed by atoms with Crippen LogP contribution in [0.3, 0.4) is 0 Å². The van der Waals surface area contributed by atoms with Gasteiger partial charge in [-0.15, -0.1) is 4.36 Å². The maximum atomic E-state index is 14.6. The summed E-state index contributed by atoms with van der Waals surface area (Å²) in [7, 11) is -3.35. The Morgan fingerprint density at radius 3 is 2.49 bits per heavy atom. The standard InChI is InChI=1S/C27H32F4N4O5S/c1-26(2,3)40-25(37)34-41(4,38)19-15-16(9-13-32-19)33-23(36)22-27(10-5-6-11-27)12-14-35(22)18-8-7-17(28)20(29)21(18)39-24(30)31/h7-9,13,15,22,24H,5-6,10-12,14H2,1-4H3,(H,32,33,36)/t22?,41-/m1/s1. The minimum atomic E-state index is -3.41. The predicted molar refractivity (Wildman–Crippen MR) is 144 cm³/mol. The maximum Gasteiger partial charge on any atom is 0.442 e. The Morgan fingerprint density at radius 1 is 1.17 bits per heavy atom. The van der Waals surface area contributed by atoms with Crippen molar-refractivity contribution in [2.75, 3.05) is 23.0 Å². The highest BCUT2D eigenvalue weighted by atomic mass is 32.2. The number of ether oxygens (including phenoxy) is 2. The third-order valence-corrected chi connectivity index (χ3v) is 8.67. The van der Waals surface area contributed by atoms with Crippen molar-refractivity contribution in [1.82, 2.24) is 4.98 Å². The Labute approximate surface area is 235 Å². The first kappa shape index (κ1) is 30.5. The molecule has 1 unspecified atom stereocenters. The Kier molecular flexibility index (Phi) is 8.53. The third-order valence-electron chi connectivity index (χ3n) is 7.17. The van der Waals surface area contributed by atoms with E-state index in [4.69, 9.17) is 4.74 Å². The molecule has 14 heteroatoms. The number of nitrogens with zero attached hydrogens (tertiary/aromatic N) is 3. The topological polar surface area (TPSA) is 110 Å². The lowest BCUT2D eigenvalue weighted by atomic mass is 9.78. The van der Waals surface area contributed by atoms with Crippen LogP contribution in [-0.4, -0.2) is 52.2 Å². The highest BCUT2D eigenvalue weighted by molar-refractivity contribution is 7.93. The van der Waals surface area contributed by atoms with Crippen LogP contribution in [0.1, 0.15) is 52.9 Å². The first-order valence-electron chi connectivity index (χ1n) is 13.0. The molecule has 2 aliphatic rings. The fourth-order valence-corrected chi connectivity index (χ4v) is 6.56. The van der Waals surface area contributed by atoms with Gasteiger partial charge in [-0.1, -0.05) is 12.8 Å². The zero-order valence-corrected chi connectivity index (χ0v) is 23.9. The minimum absolute atomic E-state index is 0.0757. The number of anilines is 2. The fourth-order valence-electron chi connectivity index (χ4n) is 5.54. The molecular weight excluding hydrogens is 568 g/mol. The van der Waals surface area contributed by atoms with Crippen LogP contribution >= 0.6 is 0 Å². The van der Waals surface area contributed by atoms with Gasteiger partial charge in [-0.25, -0.2) is 18.4 Å². The lowest BCUT2D eigenvalue weighted by Crippen LogP contribution is -2.48. The van der Waals surface area contributed by atoms with Crippen molar-refractivity contribution in [2.24, 2.45) is 9.78 Å². The minimum Gasteiger partial charge on any atom is -0.442 e. The quantitative estimate of drug-likeness (QED) is 0.397. The van der Waals surface area contributed by atoms with E-state index in [2.05, 4.69) is 19.4 Å². The van der Waals surface area contributed by atoms with Crippen molar-refractivity contribution in [3.63, 3.8) is 0 Å². The number of carbonyl (C=O) groups excluding carboxylic acids is 2. The second-order valence-corrected chi connectivity index (χ2v) is 13.5. The van der Waals surface area contributed by atoms with Gasteiger partial charge in [0.05, 0.1) is 5.69 Å². The molecule has 2 heterocycles. The number of pyridine rings is 1. The molecule has 224 valence electrons. The molecule has 9 nitrogen and oxygen atoms in total. The summed E-state index contributed by atoms with van der Waals surface area (Å²) in [4.78, 5) is 31.5. The summed E-state index contributed by atoms with van der Waals surface area (Å²) in [5.74, 6) is -4.42. The van der Waals surface area contributed by atoms with E-state index in [1.165, 1.54) is 29.5 Å². The van der Waals surface area contributed by atoms with Crippen LogP contribution < -0.4 is 15.0 Å². The van der Waals surface area contributed by atoms with Crippen molar-refractivity contribution >= 4 is 33.1 Å². The van der Waals surface area contributed by atoms with Crippen molar-refractivity contribution in [3.05, 3.63) is 42.1 Å². The molecule has 1 aromatic carbocycles. The van der Waals surface area contributed by atoms with Crippen LogP contribution in [0.5, 0.6) is 5.75 Å². The number of hydrogen-bond acceptors (Lipinski definition) is 7. The van der Waals surface area contributed by atoms with Gasteiger partial charge in [0.2, 0.25) is 11.7 Å². The Bertz CT molecular complexity index is 1450. The number of aromatic nitrogens is 1. The van der Waals surface area contributed by atoms with Gasteiger partial charge in [0, 0.05) is 30.1 Å². The molecule has 1 spiro atoms. The van der Waals surface area contributed by atoms with E-state index in [1.54, 1.807) is 20.8 Å². The summed E-state index contributed by atoms with van der Waals surface area (Å²) >= 11 is 0. The van der Waals surface area contributed by atoms with Crippen molar-refractivity contribution in [3.8, 4) is 5.75 Å². The molecule has 2 amide bonds. The van der Waals surface area contributed by atoms with E-state index < -0.39 is 62.8 Å². The van der Waals surface area contributed by atoms with E-state index in [9.17, 15) is 31.4 Å². The number of carbonyl (C=O) groups is 2. The van der Waals surface area contributed by atoms with Gasteiger partial charge in [0.1, 0.15) is 26.4 Å². The Hall–Kier alpha value is -3.42. The normalized spacial score (nSPS) is 19.7. The third kappa shape index (κ3) is 6.74. The summed E-state index contributed by atoms with van der Waals surface area (Å²) in [5.41, 5.74) is -1.34. The molecule has 2 atom stereocenters.